The molecule has 2 saturated carbocycles. The van der Waals surface area contributed by atoms with Crippen molar-refractivity contribution in [2.75, 3.05) is 0 Å². The summed E-state index contributed by atoms with van der Waals surface area (Å²) >= 11 is 0. The monoisotopic (exact) mass is 408 g/mol. The van der Waals surface area contributed by atoms with Gasteiger partial charge in [0.2, 0.25) is 0 Å². The first-order chi connectivity index (χ1) is 13.5. The van der Waals surface area contributed by atoms with Gasteiger partial charge in [-0.3, -0.25) is 14.4 Å². The fourth-order valence-corrected chi connectivity index (χ4v) is 5.70. The normalized spacial score (nSPS) is 40.9. The van der Waals surface area contributed by atoms with Gasteiger partial charge in [0.05, 0.1) is 0 Å². The SMILES string of the molecule is C=C1C(=O)O[C@@H]2C[C@@H](C)[C@@H]3[C@@H](OC(C)=O)[C@@H](OC(C)=O)[C@H](OC(C)=O)[C@@]3(C)C[C@H]12. The molecule has 1 aliphatic heterocycles. The van der Waals surface area contributed by atoms with Gasteiger partial charge < -0.3 is 18.9 Å². The van der Waals surface area contributed by atoms with E-state index < -0.39 is 47.6 Å². The van der Waals surface area contributed by atoms with E-state index in [9.17, 15) is 19.2 Å². The molecule has 1 saturated heterocycles. The smallest absolute Gasteiger partial charge is 0.334 e. The van der Waals surface area contributed by atoms with Crippen LogP contribution in [0, 0.1) is 23.2 Å². The lowest BCUT2D eigenvalue weighted by Crippen LogP contribution is -2.43. The first-order valence-electron chi connectivity index (χ1n) is 9.87. The summed E-state index contributed by atoms with van der Waals surface area (Å²) in [5.41, 5.74) is -0.326. The highest BCUT2D eigenvalue weighted by atomic mass is 16.6. The van der Waals surface area contributed by atoms with Gasteiger partial charge in [0, 0.05) is 43.6 Å². The quantitative estimate of drug-likeness (QED) is 0.396. The predicted molar refractivity (Wildman–Crippen MR) is 99.2 cm³/mol. The molecule has 3 rings (SSSR count). The molecule has 8 nitrogen and oxygen atoms in total. The van der Waals surface area contributed by atoms with Crippen molar-refractivity contribution in [3.05, 3.63) is 12.2 Å². The molecule has 0 bridgehead atoms. The lowest BCUT2D eigenvalue weighted by molar-refractivity contribution is -0.178. The molecule has 3 aliphatic rings. The second kappa shape index (κ2) is 7.46. The van der Waals surface area contributed by atoms with Gasteiger partial charge in [0.15, 0.2) is 6.10 Å². The van der Waals surface area contributed by atoms with Crippen LogP contribution in [-0.2, 0) is 38.1 Å². The van der Waals surface area contributed by atoms with E-state index in [1.807, 2.05) is 13.8 Å². The summed E-state index contributed by atoms with van der Waals surface area (Å²) < 4.78 is 22.3. The number of hydrogen-bond donors (Lipinski definition) is 0. The van der Waals surface area contributed by atoms with Crippen molar-refractivity contribution in [2.24, 2.45) is 23.2 Å². The second-order valence-electron chi connectivity index (χ2n) is 8.70. The fraction of sp³-hybridized carbons (Fsp3) is 0.714. The van der Waals surface area contributed by atoms with Gasteiger partial charge in [-0.25, -0.2) is 4.79 Å². The number of hydrogen-bond acceptors (Lipinski definition) is 8. The van der Waals surface area contributed by atoms with Crippen molar-refractivity contribution in [1.29, 1.82) is 0 Å². The second-order valence-corrected chi connectivity index (χ2v) is 8.70. The minimum absolute atomic E-state index is 0.0586. The highest BCUT2D eigenvalue weighted by Crippen LogP contribution is 2.59. The lowest BCUT2D eigenvalue weighted by atomic mass is 9.69. The molecule has 0 N–H and O–H groups in total. The number of rotatable bonds is 3. The lowest BCUT2D eigenvalue weighted by Gasteiger charge is -2.38. The molecule has 0 aromatic heterocycles. The maximum Gasteiger partial charge on any atom is 0.334 e. The third-order valence-electron chi connectivity index (χ3n) is 6.58. The van der Waals surface area contributed by atoms with Crippen LogP contribution in [0.3, 0.4) is 0 Å². The molecule has 0 aromatic rings. The zero-order chi connectivity index (χ0) is 21.7. The highest BCUT2D eigenvalue weighted by Gasteiger charge is 2.67. The molecule has 0 spiro atoms. The average molecular weight is 408 g/mol. The third kappa shape index (κ3) is 3.65. The molecule has 2 aliphatic carbocycles. The van der Waals surface area contributed by atoms with Crippen LogP contribution in [0.5, 0.6) is 0 Å². The van der Waals surface area contributed by atoms with E-state index in [-0.39, 0.29) is 23.9 Å². The molecule has 160 valence electrons. The summed E-state index contributed by atoms with van der Waals surface area (Å²) in [6.07, 6.45) is -1.87. The minimum atomic E-state index is -0.930. The molecular formula is C21H28O8. The predicted octanol–water partition coefficient (Wildman–Crippen LogP) is 1.95. The molecule has 0 amide bonds. The molecule has 29 heavy (non-hydrogen) atoms. The maximum absolute atomic E-state index is 12.1. The molecular weight excluding hydrogens is 380 g/mol. The van der Waals surface area contributed by atoms with Gasteiger partial charge in [-0.15, -0.1) is 0 Å². The molecule has 0 aromatic carbocycles. The van der Waals surface area contributed by atoms with Crippen molar-refractivity contribution in [3.63, 3.8) is 0 Å². The van der Waals surface area contributed by atoms with E-state index >= 15 is 0 Å². The van der Waals surface area contributed by atoms with Gasteiger partial charge in [-0.2, -0.15) is 0 Å². The molecule has 1 heterocycles. The summed E-state index contributed by atoms with van der Waals surface area (Å²) in [4.78, 5) is 47.7. The summed E-state index contributed by atoms with van der Waals surface area (Å²) in [6.45, 7) is 11.7. The van der Waals surface area contributed by atoms with E-state index in [2.05, 4.69) is 6.58 Å². The first kappa shape index (κ1) is 21.3. The van der Waals surface area contributed by atoms with Gasteiger partial charge in [-0.1, -0.05) is 20.4 Å². The van der Waals surface area contributed by atoms with Crippen LogP contribution in [0.1, 0.15) is 47.5 Å². The number of carbonyl (C=O) groups is 4. The van der Waals surface area contributed by atoms with Crippen molar-refractivity contribution in [3.8, 4) is 0 Å². The van der Waals surface area contributed by atoms with E-state index in [0.717, 1.165) is 0 Å². The summed E-state index contributed by atoms with van der Waals surface area (Å²) in [7, 11) is 0. The number of fused-ring (bicyclic) bond motifs is 2. The zero-order valence-electron chi connectivity index (χ0n) is 17.4. The standard InChI is InChI=1S/C21H28O8/c1-9-7-15-14(10(2)20(25)29-15)8-21(6)16(9)17(26-11(3)22)18(27-12(4)23)19(21)28-13(5)24/h9,14-19H,2,7-8H2,1,3-6H3/t9-,14-,15-,16-,17-,18-,19+,21+/m1/s1. The largest absolute Gasteiger partial charge is 0.458 e. The van der Waals surface area contributed by atoms with Crippen molar-refractivity contribution < 1.29 is 38.1 Å². The van der Waals surface area contributed by atoms with Crippen LogP contribution in [0.25, 0.3) is 0 Å². The first-order valence-corrected chi connectivity index (χ1v) is 9.87. The Kier molecular flexibility index (Phi) is 5.49. The van der Waals surface area contributed by atoms with Gasteiger partial charge in [0.1, 0.15) is 18.3 Å². The molecule has 8 atom stereocenters. The van der Waals surface area contributed by atoms with E-state index in [1.54, 1.807) is 0 Å². The van der Waals surface area contributed by atoms with Crippen LogP contribution in [0.4, 0.5) is 0 Å². The van der Waals surface area contributed by atoms with Gasteiger partial charge in [0.25, 0.3) is 0 Å². The maximum atomic E-state index is 12.1. The van der Waals surface area contributed by atoms with E-state index in [1.165, 1.54) is 20.8 Å². The fourth-order valence-electron chi connectivity index (χ4n) is 5.70. The van der Waals surface area contributed by atoms with Gasteiger partial charge >= 0.3 is 23.9 Å². The van der Waals surface area contributed by atoms with E-state index in [0.29, 0.717) is 18.4 Å². The van der Waals surface area contributed by atoms with Crippen LogP contribution >= 0.6 is 0 Å². The number of esters is 4. The van der Waals surface area contributed by atoms with Crippen LogP contribution in [0.2, 0.25) is 0 Å². The topological polar surface area (TPSA) is 105 Å². The molecule has 0 unspecified atom stereocenters. The molecule has 0 radical (unpaired) electrons. The Morgan fingerprint density at radius 3 is 2.14 bits per heavy atom. The summed E-state index contributed by atoms with van der Waals surface area (Å²) in [6, 6.07) is 0. The average Bonchev–Trinajstić information content (AvgIpc) is 2.89. The molecule has 3 fully saturated rings. The van der Waals surface area contributed by atoms with Crippen LogP contribution in [0.15, 0.2) is 12.2 Å². The minimum Gasteiger partial charge on any atom is -0.458 e. The van der Waals surface area contributed by atoms with Crippen molar-refractivity contribution in [1.82, 2.24) is 0 Å². The van der Waals surface area contributed by atoms with Crippen LogP contribution in [-0.4, -0.2) is 48.3 Å². The summed E-state index contributed by atoms with van der Waals surface area (Å²) in [5, 5.41) is 0. The van der Waals surface area contributed by atoms with Crippen LogP contribution < -0.4 is 0 Å². The summed E-state index contributed by atoms with van der Waals surface area (Å²) in [5.74, 6) is -2.57. The zero-order valence-corrected chi connectivity index (χ0v) is 17.4. The third-order valence-corrected chi connectivity index (χ3v) is 6.58. The number of carbonyl (C=O) groups excluding carboxylic acids is 4. The molecule has 8 heteroatoms. The Morgan fingerprint density at radius 2 is 1.59 bits per heavy atom. The van der Waals surface area contributed by atoms with E-state index in [4.69, 9.17) is 18.9 Å². The van der Waals surface area contributed by atoms with Crippen molar-refractivity contribution in [2.45, 2.75) is 71.9 Å². The Labute approximate surface area is 169 Å². The Hall–Kier alpha value is -2.38. The van der Waals surface area contributed by atoms with Crippen molar-refractivity contribution >= 4 is 23.9 Å². The van der Waals surface area contributed by atoms with Gasteiger partial charge in [-0.05, 0) is 18.8 Å². The Bertz CT molecular complexity index is 758. The Morgan fingerprint density at radius 1 is 1.03 bits per heavy atom. The highest BCUT2D eigenvalue weighted by molar-refractivity contribution is 5.90. The Balaban J connectivity index is 2.10. The number of ether oxygens (including phenoxy) is 4.